The normalized spacial score (nSPS) is 14.4. The van der Waals surface area contributed by atoms with Gasteiger partial charge < -0.3 is 15.0 Å². The van der Waals surface area contributed by atoms with Crippen LogP contribution in [0, 0.1) is 0 Å². The summed E-state index contributed by atoms with van der Waals surface area (Å²) >= 11 is 0. The number of para-hydroxylation sites is 1. The second-order valence-electron chi connectivity index (χ2n) is 6.84. The van der Waals surface area contributed by atoms with E-state index in [1.165, 1.54) is 13.8 Å². The van der Waals surface area contributed by atoms with Crippen molar-refractivity contribution in [2.45, 2.75) is 32.8 Å². The highest BCUT2D eigenvalue weighted by atomic mass is 16.5. The van der Waals surface area contributed by atoms with Crippen molar-refractivity contribution < 1.29 is 23.9 Å². The molecule has 150 valence electrons. The Bertz CT molecular complexity index is 952. The minimum absolute atomic E-state index is 0.0337. The number of esters is 1. The first-order valence-corrected chi connectivity index (χ1v) is 9.39. The second-order valence-corrected chi connectivity index (χ2v) is 6.84. The number of carbonyl (C=O) groups excluding carboxylic acids is 4. The van der Waals surface area contributed by atoms with E-state index in [-0.39, 0.29) is 23.2 Å². The van der Waals surface area contributed by atoms with Crippen LogP contribution in [0.5, 0.6) is 0 Å². The van der Waals surface area contributed by atoms with Crippen LogP contribution in [-0.4, -0.2) is 36.2 Å². The Balaban J connectivity index is 1.71. The molecule has 0 radical (unpaired) electrons. The predicted octanol–water partition coefficient (Wildman–Crippen LogP) is 3.20. The number of hydrogen-bond acceptors (Lipinski definition) is 5. The van der Waals surface area contributed by atoms with Crippen molar-refractivity contribution >= 4 is 34.9 Å². The summed E-state index contributed by atoms with van der Waals surface area (Å²) in [5, 5.41) is 2.62. The van der Waals surface area contributed by atoms with Crippen molar-refractivity contribution in [3.05, 3.63) is 59.7 Å². The molecule has 1 atom stereocenters. The molecular formula is C22H22N2O5. The molecule has 2 aromatic rings. The molecule has 0 bridgehead atoms. The lowest BCUT2D eigenvalue weighted by Gasteiger charge is -2.20. The molecule has 0 spiro atoms. The number of ether oxygens (including phenoxy) is 1. The van der Waals surface area contributed by atoms with Crippen molar-refractivity contribution in [3.8, 4) is 0 Å². The van der Waals surface area contributed by atoms with E-state index in [1.54, 1.807) is 53.4 Å². The number of rotatable bonds is 6. The Morgan fingerprint density at radius 2 is 1.76 bits per heavy atom. The fourth-order valence-corrected chi connectivity index (χ4v) is 3.22. The monoisotopic (exact) mass is 394 g/mol. The lowest BCUT2D eigenvalue weighted by Crippen LogP contribution is -2.28. The van der Waals surface area contributed by atoms with Gasteiger partial charge in [0.1, 0.15) is 0 Å². The van der Waals surface area contributed by atoms with E-state index in [0.29, 0.717) is 29.9 Å². The molecule has 29 heavy (non-hydrogen) atoms. The van der Waals surface area contributed by atoms with E-state index in [0.717, 1.165) is 6.42 Å². The maximum absolute atomic E-state index is 12.7. The first-order valence-electron chi connectivity index (χ1n) is 9.39. The Hall–Kier alpha value is -3.48. The van der Waals surface area contributed by atoms with E-state index < -0.39 is 12.1 Å². The first-order chi connectivity index (χ1) is 13.9. The molecule has 0 unspecified atom stereocenters. The molecule has 0 saturated carbocycles. The summed E-state index contributed by atoms with van der Waals surface area (Å²) in [4.78, 5) is 50.0. The number of nitrogens with zero attached hydrogens (tertiary/aromatic N) is 1. The van der Waals surface area contributed by atoms with Gasteiger partial charge in [-0.05, 0) is 49.7 Å². The van der Waals surface area contributed by atoms with Gasteiger partial charge in [0.15, 0.2) is 6.10 Å². The maximum Gasteiger partial charge on any atom is 0.340 e. The lowest BCUT2D eigenvalue weighted by molar-refractivity contribution is -0.117. The van der Waals surface area contributed by atoms with Gasteiger partial charge in [0.2, 0.25) is 17.6 Å². The summed E-state index contributed by atoms with van der Waals surface area (Å²) in [6.07, 6.45) is 0.190. The van der Waals surface area contributed by atoms with Gasteiger partial charge in [0, 0.05) is 31.1 Å². The predicted molar refractivity (Wildman–Crippen MR) is 108 cm³/mol. The Kier molecular flexibility index (Phi) is 6.07. The number of ketones is 1. The van der Waals surface area contributed by atoms with Gasteiger partial charge in [-0.15, -0.1) is 0 Å². The molecule has 1 saturated heterocycles. The zero-order valence-corrected chi connectivity index (χ0v) is 16.3. The SMILES string of the molecule is CC(=O)Nc1ccc(C(=O)[C@@H](C)OC(=O)c2ccccc2N2CCCC2=O)cc1. The van der Waals surface area contributed by atoms with Gasteiger partial charge in [-0.25, -0.2) is 4.79 Å². The number of anilines is 2. The molecular weight excluding hydrogens is 372 g/mol. The highest BCUT2D eigenvalue weighted by Crippen LogP contribution is 2.26. The number of hydrogen-bond donors (Lipinski definition) is 1. The second kappa shape index (κ2) is 8.68. The van der Waals surface area contributed by atoms with E-state index >= 15 is 0 Å². The molecule has 1 N–H and O–H groups in total. The van der Waals surface area contributed by atoms with Crippen LogP contribution in [0.2, 0.25) is 0 Å². The van der Waals surface area contributed by atoms with Gasteiger partial charge in [0.05, 0.1) is 11.3 Å². The number of amides is 2. The maximum atomic E-state index is 12.7. The highest BCUT2D eigenvalue weighted by Gasteiger charge is 2.28. The summed E-state index contributed by atoms with van der Waals surface area (Å²) in [5.41, 5.74) is 1.69. The van der Waals surface area contributed by atoms with Crippen LogP contribution < -0.4 is 10.2 Å². The quantitative estimate of drug-likeness (QED) is 0.600. The minimum atomic E-state index is -1.00. The summed E-state index contributed by atoms with van der Waals surface area (Å²) in [6.45, 7) is 3.46. The first kappa shape index (κ1) is 20.3. The summed E-state index contributed by atoms with van der Waals surface area (Å²) < 4.78 is 5.39. The fourth-order valence-electron chi connectivity index (χ4n) is 3.22. The van der Waals surface area contributed by atoms with E-state index in [4.69, 9.17) is 4.74 Å². The highest BCUT2D eigenvalue weighted by molar-refractivity contribution is 6.05. The van der Waals surface area contributed by atoms with Crippen LogP contribution in [0.15, 0.2) is 48.5 Å². The van der Waals surface area contributed by atoms with Gasteiger partial charge >= 0.3 is 5.97 Å². The van der Waals surface area contributed by atoms with Crippen molar-refractivity contribution in [3.63, 3.8) is 0 Å². The summed E-state index contributed by atoms with van der Waals surface area (Å²) in [5.74, 6) is -1.26. The zero-order chi connectivity index (χ0) is 21.0. The largest absolute Gasteiger partial charge is 0.451 e. The smallest absolute Gasteiger partial charge is 0.340 e. The van der Waals surface area contributed by atoms with Crippen LogP contribution in [0.4, 0.5) is 11.4 Å². The van der Waals surface area contributed by atoms with Crippen LogP contribution in [0.25, 0.3) is 0 Å². The average molecular weight is 394 g/mol. The van der Waals surface area contributed by atoms with Crippen LogP contribution in [-0.2, 0) is 14.3 Å². The van der Waals surface area contributed by atoms with Crippen molar-refractivity contribution in [1.82, 2.24) is 0 Å². The van der Waals surface area contributed by atoms with Crippen LogP contribution in [0.3, 0.4) is 0 Å². The van der Waals surface area contributed by atoms with Gasteiger partial charge in [-0.3, -0.25) is 14.4 Å². The molecule has 1 aliphatic rings. The number of carbonyl (C=O) groups is 4. The average Bonchev–Trinajstić information content (AvgIpc) is 3.13. The molecule has 7 nitrogen and oxygen atoms in total. The Morgan fingerprint density at radius 1 is 1.07 bits per heavy atom. The van der Waals surface area contributed by atoms with Crippen molar-refractivity contribution in [2.24, 2.45) is 0 Å². The summed E-state index contributed by atoms with van der Waals surface area (Å²) in [6, 6.07) is 13.1. The third-order valence-electron chi connectivity index (χ3n) is 4.63. The van der Waals surface area contributed by atoms with Crippen molar-refractivity contribution in [1.29, 1.82) is 0 Å². The number of Topliss-reactive ketones (excluding diaryl/α,β-unsaturated/α-hetero) is 1. The molecule has 0 aromatic heterocycles. The molecule has 0 aliphatic carbocycles. The van der Waals surface area contributed by atoms with E-state index in [2.05, 4.69) is 5.32 Å². The fraction of sp³-hybridized carbons (Fsp3) is 0.273. The third-order valence-corrected chi connectivity index (χ3v) is 4.63. The number of nitrogens with one attached hydrogen (secondary N) is 1. The Morgan fingerprint density at radius 3 is 2.38 bits per heavy atom. The van der Waals surface area contributed by atoms with E-state index in [9.17, 15) is 19.2 Å². The molecule has 1 fully saturated rings. The lowest BCUT2D eigenvalue weighted by atomic mass is 10.1. The molecule has 1 heterocycles. The summed E-state index contributed by atoms with van der Waals surface area (Å²) in [7, 11) is 0. The molecule has 1 aliphatic heterocycles. The molecule has 2 aromatic carbocycles. The third kappa shape index (κ3) is 4.68. The minimum Gasteiger partial charge on any atom is -0.451 e. The topological polar surface area (TPSA) is 92.8 Å². The number of benzene rings is 2. The zero-order valence-electron chi connectivity index (χ0n) is 16.3. The van der Waals surface area contributed by atoms with Crippen LogP contribution >= 0.6 is 0 Å². The Labute approximate surface area is 168 Å². The van der Waals surface area contributed by atoms with Crippen molar-refractivity contribution in [2.75, 3.05) is 16.8 Å². The van der Waals surface area contributed by atoms with Gasteiger partial charge in [-0.2, -0.15) is 0 Å². The van der Waals surface area contributed by atoms with Gasteiger partial charge in [0.25, 0.3) is 0 Å². The van der Waals surface area contributed by atoms with Gasteiger partial charge in [-0.1, -0.05) is 12.1 Å². The standard InChI is InChI=1S/C22H22N2O5/c1-14(21(27)16-9-11-17(12-10-16)23-15(2)25)29-22(28)18-6-3-4-7-19(18)24-13-5-8-20(24)26/h3-4,6-7,9-12,14H,5,8,13H2,1-2H3,(H,23,25)/t14-/m1/s1. The molecule has 7 heteroatoms. The van der Waals surface area contributed by atoms with E-state index in [1.807, 2.05) is 0 Å². The molecule has 3 rings (SSSR count). The van der Waals surface area contributed by atoms with Crippen LogP contribution in [0.1, 0.15) is 47.4 Å². The molecule has 2 amide bonds.